The maximum atomic E-state index is 9.45. The van der Waals surface area contributed by atoms with Gasteiger partial charge in [-0.2, -0.15) is 0 Å². The largest absolute Gasteiger partial charge is 0.508 e. The number of nitrogens with two attached hydrogens (primary N) is 1. The van der Waals surface area contributed by atoms with Crippen LogP contribution in [0.3, 0.4) is 0 Å². The first-order chi connectivity index (χ1) is 5.74. The van der Waals surface area contributed by atoms with Crippen molar-refractivity contribution < 1.29 is 10.2 Å². The number of hydrogen-bond donors (Lipinski definition) is 3. The molecule has 1 aromatic carbocycles. The van der Waals surface area contributed by atoms with E-state index < -0.39 is 6.10 Å². The molecule has 4 N–H and O–H groups in total. The second-order valence-electron chi connectivity index (χ2n) is 2.69. The fraction of sp³-hybridized carbons (Fsp3) is 0.333. The summed E-state index contributed by atoms with van der Waals surface area (Å²) in [6.45, 7) is 0.441. The predicted octanol–water partition coefficient (Wildman–Crippen LogP) is 0.774. The zero-order valence-corrected chi connectivity index (χ0v) is 6.77. The van der Waals surface area contributed by atoms with E-state index in [0.717, 1.165) is 0 Å². The van der Waals surface area contributed by atoms with Crippen LogP contribution in [0.1, 0.15) is 18.1 Å². The van der Waals surface area contributed by atoms with Crippen LogP contribution in [-0.4, -0.2) is 16.8 Å². The maximum absolute atomic E-state index is 9.45. The van der Waals surface area contributed by atoms with Crippen LogP contribution in [0.2, 0.25) is 0 Å². The van der Waals surface area contributed by atoms with Gasteiger partial charge in [-0.3, -0.25) is 0 Å². The van der Waals surface area contributed by atoms with Crippen LogP contribution in [0.5, 0.6) is 5.75 Å². The summed E-state index contributed by atoms with van der Waals surface area (Å²) in [6.07, 6.45) is -0.0502. The van der Waals surface area contributed by atoms with Crippen LogP contribution in [-0.2, 0) is 0 Å². The number of phenolic OH excluding ortho intramolecular Hbond substituents is 1. The molecule has 0 fully saturated rings. The van der Waals surface area contributed by atoms with Crippen molar-refractivity contribution in [2.24, 2.45) is 5.73 Å². The number of aliphatic hydroxyl groups is 1. The molecule has 0 amide bonds. The number of phenols is 1. The Morgan fingerprint density at radius 2 is 2.17 bits per heavy atom. The molecule has 12 heavy (non-hydrogen) atoms. The molecule has 0 aliphatic rings. The average Bonchev–Trinajstić information content (AvgIpc) is 2.05. The van der Waals surface area contributed by atoms with Crippen molar-refractivity contribution in [3.8, 4) is 5.75 Å². The van der Waals surface area contributed by atoms with Gasteiger partial charge in [0.15, 0.2) is 0 Å². The number of benzene rings is 1. The Morgan fingerprint density at radius 3 is 2.75 bits per heavy atom. The van der Waals surface area contributed by atoms with Gasteiger partial charge in [-0.15, -0.1) is 0 Å². The molecule has 3 heteroatoms. The van der Waals surface area contributed by atoms with E-state index in [1.165, 1.54) is 0 Å². The van der Waals surface area contributed by atoms with Gasteiger partial charge in [0.25, 0.3) is 0 Å². The maximum Gasteiger partial charge on any atom is 0.115 e. The minimum Gasteiger partial charge on any atom is -0.508 e. The van der Waals surface area contributed by atoms with E-state index in [1.54, 1.807) is 24.3 Å². The smallest absolute Gasteiger partial charge is 0.115 e. The van der Waals surface area contributed by atoms with Gasteiger partial charge >= 0.3 is 0 Å². The third-order valence-corrected chi connectivity index (χ3v) is 1.70. The molecule has 66 valence electrons. The highest BCUT2D eigenvalue weighted by atomic mass is 16.3. The molecule has 0 aliphatic heterocycles. The first-order valence-electron chi connectivity index (χ1n) is 3.91. The van der Waals surface area contributed by atoms with Crippen molar-refractivity contribution in [2.75, 3.05) is 6.54 Å². The van der Waals surface area contributed by atoms with Crippen LogP contribution in [0.15, 0.2) is 24.3 Å². The van der Waals surface area contributed by atoms with Crippen molar-refractivity contribution in [3.05, 3.63) is 29.8 Å². The highest BCUT2D eigenvalue weighted by Gasteiger charge is 2.05. The molecular formula is C9H13NO2. The number of hydrogen-bond acceptors (Lipinski definition) is 3. The normalized spacial score (nSPS) is 12.8. The van der Waals surface area contributed by atoms with Crippen LogP contribution in [0, 0.1) is 0 Å². The molecule has 0 saturated heterocycles. The van der Waals surface area contributed by atoms with E-state index in [4.69, 9.17) is 10.8 Å². The predicted molar refractivity (Wildman–Crippen MR) is 46.7 cm³/mol. The topological polar surface area (TPSA) is 66.5 Å². The lowest BCUT2D eigenvalue weighted by atomic mass is 10.1. The molecule has 0 radical (unpaired) electrons. The monoisotopic (exact) mass is 167 g/mol. The number of rotatable bonds is 3. The third kappa shape index (κ3) is 2.22. The Bertz CT molecular complexity index is 250. The van der Waals surface area contributed by atoms with Crippen molar-refractivity contribution in [1.29, 1.82) is 0 Å². The van der Waals surface area contributed by atoms with Crippen LogP contribution >= 0.6 is 0 Å². The van der Waals surface area contributed by atoms with Gasteiger partial charge in [0.05, 0.1) is 6.10 Å². The van der Waals surface area contributed by atoms with Crippen molar-refractivity contribution in [3.63, 3.8) is 0 Å². The van der Waals surface area contributed by atoms with Crippen LogP contribution < -0.4 is 5.73 Å². The zero-order chi connectivity index (χ0) is 8.97. The highest BCUT2D eigenvalue weighted by molar-refractivity contribution is 5.28. The molecule has 0 aromatic heterocycles. The van der Waals surface area contributed by atoms with E-state index in [9.17, 15) is 5.11 Å². The summed E-state index contributed by atoms with van der Waals surface area (Å²) in [6, 6.07) is 6.57. The molecular weight excluding hydrogens is 154 g/mol. The minimum atomic E-state index is -0.568. The second kappa shape index (κ2) is 4.09. The number of aliphatic hydroxyl groups excluding tert-OH is 1. The molecule has 1 atom stereocenters. The highest BCUT2D eigenvalue weighted by Crippen LogP contribution is 2.19. The Labute approximate surface area is 71.5 Å². The summed E-state index contributed by atoms with van der Waals surface area (Å²) >= 11 is 0. The average molecular weight is 167 g/mol. The molecule has 0 saturated carbocycles. The van der Waals surface area contributed by atoms with Gasteiger partial charge in [0, 0.05) is 0 Å². The lowest BCUT2D eigenvalue weighted by molar-refractivity contribution is 0.170. The zero-order valence-electron chi connectivity index (χ0n) is 6.77. The van der Waals surface area contributed by atoms with Gasteiger partial charge < -0.3 is 15.9 Å². The number of aromatic hydroxyl groups is 1. The summed E-state index contributed by atoms with van der Waals surface area (Å²) < 4.78 is 0. The third-order valence-electron chi connectivity index (χ3n) is 1.70. The van der Waals surface area contributed by atoms with Crippen LogP contribution in [0.25, 0.3) is 0 Å². The Hall–Kier alpha value is -1.06. The first kappa shape index (κ1) is 9.03. The lowest BCUT2D eigenvalue weighted by Crippen LogP contribution is -2.06. The summed E-state index contributed by atoms with van der Waals surface area (Å²) in [5.74, 6) is 0.170. The summed E-state index contributed by atoms with van der Waals surface area (Å²) in [7, 11) is 0. The van der Waals surface area contributed by atoms with Gasteiger partial charge in [0.2, 0.25) is 0 Å². The molecule has 1 aromatic rings. The van der Waals surface area contributed by atoms with Gasteiger partial charge in [-0.05, 0) is 30.7 Å². The van der Waals surface area contributed by atoms with Gasteiger partial charge in [-0.25, -0.2) is 0 Å². The lowest BCUT2D eigenvalue weighted by Gasteiger charge is -2.08. The van der Waals surface area contributed by atoms with Crippen molar-refractivity contribution in [1.82, 2.24) is 0 Å². The molecule has 0 heterocycles. The Balaban J connectivity index is 2.73. The van der Waals surface area contributed by atoms with Gasteiger partial charge in [0.1, 0.15) is 5.75 Å². The Morgan fingerprint density at radius 1 is 1.42 bits per heavy atom. The molecule has 0 bridgehead atoms. The van der Waals surface area contributed by atoms with Gasteiger partial charge in [-0.1, -0.05) is 12.1 Å². The molecule has 0 spiro atoms. The molecule has 0 aliphatic carbocycles. The standard InChI is InChI=1S/C9H13NO2/c10-5-4-9(12)7-2-1-3-8(11)6-7/h1-3,6,9,11-12H,4-5,10H2/t9-/m0/s1. The van der Waals surface area contributed by atoms with E-state index in [2.05, 4.69) is 0 Å². The Kier molecular flexibility index (Phi) is 3.08. The van der Waals surface area contributed by atoms with E-state index >= 15 is 0 Å². The minimum absolute atomic E-state index is 0.170. The molecule has 1 rings (SSSR count). The summed E-state index contributed by atoms with van der Waals surface area (Å²) in [4.78, 5) is 0. The molecule has 0 unspecified atom stereocenters. The quantitative estimate of drug-likeness (QED) is 0.623. The SMILES string of the molecule is NCC[C@H](O)c1cccc(O)c1. The van der Waals surface area contributed by atoms with Crippen molar-refractivity contribution in [2.45, 2.75) is 12.5 Å². The fourth-order valence-electron chi connectivity index (χ4n) is 1.06. The van der Waals surface area contributed by atoms with E-state index in [0.29, 0.717) is 18.5 Å². The summed E-state index contributed by atoms with van der Waals surface area (Å²) in [5.41, 5.74) is 5.99. The van der Waals surface area contributed by atoms with Crippen molar-refractivity contribution >= 4 is 0 Å². The van der Waals surface area contributed by atoms with Crippen LogP contribution in [0.4, 0.5) is 0 Å². The van der Waals surface area contributed by atoms with E-state index in [-0.39, 0.29) is 5.75 Å². The fourth-order valence-corrected chi connectivity index (χ4v) is 1.06. The molecule has 3 nitrogen and oxygen atoms in total. The summed E-state index contributed by atoms with van der Waals surface area (Å²) in [5, 5.41) is 18.5. The van der Waals surface area contributed by atoms with E-state index in [1.807, 2.05) is 0 Å². The second-order valence-corrected chi connectivity index (χ2v) is 2.69. The first-order valence-corrected chi connectivity index (χ1v) is 3.91.